The number of aromatic nitrogens is 1. The fraction of sp³-hybridized carbons (Fsp3) is 0.222. The van der Waals surface area contributed by atoms with E-state index in [0.717, 1.165) is 0 Å². The quantitative estimate of drug-likeness (QED) is 0.645. The number of amides is 1. The van der Waals surface area contributed by atoms with Gasteiger partial charge in [0.2, 0.25) is 5.91 Å². The molecule has 15 heavy (non-hydrogen) atoms. The molecule has 6 heteroatoms. The van der Waals surface area contributed by atoms with Crippen LogP contribution >= 0.6 is 23.2 Å². The van der Waals surface area contributed by atoms with Crippen molar-refractivity contribution in [3.63, 3.8) is 0 Å². The Bertz CT molecular complexity index is 409. The van der Waals surface area contributed by atoms with Crippen molar-refractivity contribution in [2.75, 3.05) is 5.32 Å². The molecule has 0 atom stereocenters. The Balaban J connectivity index is 3.21. The Hall–Kier alpha value is -1.13. The lowest BCUT2D eigenvalue weighted by Gasteiger charge is -2.07. The number of nitrogens with zero attached hydrogens (tertiary/aromatic N) is 1. The lowest BCUT2D eigenvalue weighted by atomic mass is 10.2. The van der Waals surface area contributed by atoms with E-state index in [0.29, 0.717) is 0 Å². The molecule has 1 heterocycles. The molecule has 1 N–H and O–H groups in total. The van der Waals surface area contributed by atoms with Crippen molar-refractivity contribution in [1.29, 1.82) is 0 Å². The average Bonchev–Trinajstić information content (AvgIpc) is 2.10. The number of rotatable bonds is 2. The topological polar surface area (TPSA) is 59.1 Å². The number of carbonyl (C=O) groups excluding carboxylic acids is 2. The van der Waals surface area contributed by atoms with Gasteiger partial charge in [-0.3, -0.25) is 9.59 Å². The molecule has 0 aliphatic heterocycles. The van der Waals surface area contributed by atoms with Gasteiger partial charge in [0.25, 0.3) is 0 Å². The van der Waals surface area contributed by atoms with Crippen LogP contribution in [-0.4, -0.2) is 16.7 Å². The van der Waals surface area contributed by atoms with Crippen molar-refractivity contribution in [1.82, 2.24) is 4.98 Å². The molecule has 0 fully saturated rings. The van der Waals surface area contributed by atoms with Gasteiger partial charge in [0.05, 0.1) is 10.7 Å². The second-order valence-electron chi connectivity index (χ2n) is 2.89. The number of carbonyl (C=O) groups is 2. The molecule has 4 nitrogen and oxygen atoms in total. The van der Waals surface area contributed by atoms with Gasteiger partial charge in [-0.05, 0) is 6.07 Å². The highest BCUT2D eigenvalue weighted by atomic mass is 35.5. The monoisotopic (exact) mass is 246 g/mol. The van der Waals surface area contributed by atoms with Crippen molar-refractivity contribution in [3.8, 4) is 0 Å². The largest absolute Gasteiger partial charge is 0.322 e. The molecule has 1 aromatic heterocycles. The number of hydrogen-bond donors (Lipinski definition) is 1. The van der Waals surface area contributed by atoms with Gasteiger partial charge in [-0.1, -0.05) is 23.2 Å². The van der Waals surface area contributed by atoms with Crippen molar-refractivity contribution in [2.24, 2.45) is 0 Å². The molecular formula is C9H8Cl2N2O2. The van der Waals surface area contributed by atoms with Gasteiger partial charge in [-0.2, -0.15) is 0 Å². The molecular weight excluding hydrogens is 239 g/mol. The van der Waals surface area contributed by atoms with Crippen LogP contribution in [0.2, 0.25) is 10.2 Å². The molecule has 0 bridgehead atoms. The summed E-state index contributed by atoms with van der Waals surface area (Å²) in [6, 6.07) is 1.36. The molecule has 1 aromatic rings. The maximum Gasteiger partial charge on any atom is 0.221 e. The third kappa shape index (κ3) is 2.91. The van der Waals surface area contributed by atoms with E-state index in [-0.39, 0.29) is 33.2 Å². The minimum Gasteiger partial charge on any atom is -0.322 e. The standard InChI is InChI=1S/C9H8Cl2N2O2/c1-4(14)7-3-6(10)8(9(11)13-7)12-5(2)15/h3H,1-2H3,(H,12,15). The van der Waals surface area contributed by atoms with Crippen molar-refractivity contribution in [3.05, 3.63) is 21.9 Å². The molecule has 0 aromatic carbocycles. The van der Waals surface area contributed by atoms with Gasteiger partial charge in [-0.15, -0.1) is 0 Å². The first-order chi connectivity index (χ1) is 6.91. The summed E-state index contributed by atoms with van der Waals surface area (Å²) in [4.78, 5) is 25.6. The van der Waals surface area contributed by atoms with Crippen LogP contribution in [0.1, 0.15) is 24.3 Å². The average molecular weight is 247 g/mol. The summed E-state index contributed by atoms with van der Waals surface area (Å²) in [5.74, 6) is -0.552. The summed E-state index contributed by atoms with van der Waals surface area (Å²) in [6.45, 7) is 2.68. The van der Waals surface area contributed by atoms with Gasteiger partial charge < -0.3 is 5.32 Å². The van der Waals surface area contributed by atoms with E-state index in [4.69, 9.17) is 23.2 Å². The molecule has 0 saturated heterocycles. The summed E-state index contributed by atoms with van der Waals surface area (Å²) in [5.41, 5.74) is 0.384. The fourth-order valence-corrected chi connectivity index (χ4v) is 1.48. The molecule has 0 aliphatic rings. The normalized spacial score (nSPS) is 9.87. The molecule has 0 aliphatic carbocycles. The van der Waals surface area contributed by atoms with E-state index in [2.05, 4.69) is 10.3 Å². The van der Waals surface area contributed by atoms with E-state index in [1.165, 1.54) is 19.9 Å². The fourth-order valence-electron chi connectivity index (χ4n) is 0.952. The van der Waals surface area contributed by atoms with E-state index >= 15 is 0 Å². The van der Waals surface area contributed by atoms with Crippen molar-refractivity contribution in [2.45, 2.75) is 13.8 Å². The summed E-state index contributed by atoms with van der Waals surface area (Å²) < 4.78 is 0. The Labute approximate surface area is 96.6 Å². The van der Waals surface area contributed by atoms with E-state index in [9.17, 15) is 9.59 Å². The molecule has 0 radical (unpaired) electrons. The Kier molecular flexibility index (Phi) is 3.66. The Morgan fingerprint density at radius 3 is 2.33 bits per heavy atom. The SMILES string of the molecule is CC(=O)Nc1c(Cl)cc(C(C)=O)nc1Cl. The number of halogens is 2. The Morgan fingerprint density at radius 2 is 1.93 bits per heavy atom. The highest BCUT2D eigenvalue weighted by Crippen LogP contribution is 2.29. The number of anilines is 1. The number of pyridine rings is 1. The highest BCUT2D eigenvalue weighted by molar-refractivity contribution is 6.39. The lowest BCUT2D eigenvalue weighted by Crippen LogP contribution is -2.09. The smallest absolute Gasteiger partial charge is 0.221 e. The van der Waals surface area contributed by atoms with E-state index in [1.54, 1.807) is 0 Å². The third-order valence-corrected chi connectivity index (χ3v) is 2.16. The van der Waals surface area contributed by atoms with Crippen molar-refractivity contribution >= 4 is 40.6 Å². The summed E-state index contributed by atoms with van der Waals surface area (Å²) >= 11 is 11.6. The van der Waals surface area contributed by atoms with Crippen LogP contribution in [0.5, 0.6) is 0 Å². The first-order valence-corrected chi connectivity index (χ1v) is 4.82. The molecule has 80 valence electrons. The van der Waals surface area contributed by atoms with Crippen molar-refractivity contribution < 1.29 is 9.59 Å². The minimum atomic E-state index is -0.309. The number of hydrogen-bond acceptors (Lipinski definition) is 3. The second-order valence-corrected chi connectivity index (χ2v) is 3.66. The first kappa shape index (κ1) is 11.9. The maximum atomic E-state index is 11.0. The third-order valence-electron chi connectivity index (χ3n) is 1.59. The van der Waals surface area contributed by atoms with Gasteiger partial charge in [0, 0.05) is 13.8 Å². The van der Waals surface area contributed by atoms with Crippen LogP contribution in [0, 0.1) is 0 Å². The Morgan fingerprint density at radius 1 is 1.33 bits per heavy atom. The predicted molar refractivity (Wildman–Crippen MR) is 58.6 cm³/mol. The van der Waals surface area contributed by atoms with E-state index in [1.807, 2.05) is 0 Å². The molecule has 0 saturated carbocycles. The predicted octanol–water partition coefficient (Wildman–Crippen LogP) is 2.55. The van der Waals surface area contributed by atoms with Crippen LogP contribution in [0.3, 0.4) is 0 Å². The van der Waals surface area contributed by atoms with Crippen LogP contribution in [-0.2, 0) is 4.79 Å². The maximum absolute atomic E-state index is 11.0. The van der Waals surface area contributed by atoms with Crippen LogP contribution in [0.25, 0.3) is 0 Å². The molecule has 1 rings (SSSR count). The minimum absolute atomic E-state index is 0.00269. The molecule has 1 amide bonds. The summed E-state index contributed by atoms with van der Waals surface area (Å²) in [6.07, 6.45) is 0. The van der Waals surface area contributed by atoms with Gasteiger partial charge in [0.1, 0.15) is 5.69 Å². The van der Waals surface area contributed by atoms with Gasteiger partial charge in [0.15, 0.2) is 10.9 Å². The highest BCUT2D eigenvalue weighted by Gasteiger charge is 2.12. The number of ketones is 1. The van der Waals surface area contributed by atoms with Gasteiger partial charge in [-0.25, -0.2) is 4.98 Å². The zero-order valence-corrected chi connectivity index (χ0v) is 9.61. The van der Waals surface area contributed by atoms with Crippen LogP contribution < -0.4 is 5.32 Å². The summed E-state index contributed by atoms with van der Waals surface area (Å²) in [7, 11) is 0. The number of Topliss-reactive ketones (excluding diaryl/α,β-unsaturated/α-hetero) is 1. The zero-order chi connectivity index (χ0) is 11.6. The first-order valence-electron chi connectivity index (χ1n) is 4.06. The molecule has 0 unspecified atom stereocenters. The zero-order valence-electron chi connectivity index (χ0n) is 8.10. The number of nitrogens with one attached hydrogen (secondary N) is 1. The van der Waals surface area contributed by atoms with Crippen LogP contribution in [0.4, 0.5) is 5.69 Å². The second kappa shape index (κ2) is 4.59. The van der Waals surface area contributed by atoms with Crippen LogP contribution in [0.15, 0.2) is 6.07 Å². The lowest BCUT2D eigenvalue weighted by molar-refractivity contribution is -0.114. The molecule has 0 spiro atoms. The summed E-state index contributed by atoms with van der Waals surface area (Å²) in [5, 5.41) is 2.62. The van der Waals surface area contributed by atoms with E-state index < -0.39 is 0 Å². The van der Waals surface area contributed by atoms with Gasteiger partial charge >= 0.3 is 0 Å².